The molecular weight excluding hydrogens is 264 g/mol. The second kappa shape index (κ2) is 5.88. The first kappa shape index (κ1) is 13.6. The highest BCUT2D eigenvalue weighted by Gasteiger charge is 2.16. The van der Waals surface area contributed by atoms with E-state index >= 15 is 0 Å². The molecule has 5 nitrogen and oxygen atoms in total. The van der Waals surface area contributed by atoms with E-state index < -0.39 is 5.97 Å². The molecule has 2 aromatic heterocycles. The zero-order valence-electron chi connectivity index (χ0n) is 10.9. The number of carboxylic acid groups (broad SMARTS) is 1. The van der Waals surface area contributed by atoms with Gasteiger partial charge in [-0.05, 0) is 18.1 Å². The lowest BCUT2D eigenvalue weighted by molar-refractivity contribution is 0.0698. The summed E-state index contributed by atoms with van der Waals surface area (Å²) >= 11 is 1.28. The molecule has 0 unspecified atom stereocenters. The Bertz CT molecular complexity index is 574. The fraction of sp³-hybridized carbons (Fsp3) is 0.385. The van der Waals surface area contributed by atoms with Gasteiger partial charge in [0, 0.05) is 24.5 Å². The van der Waals surface area contributed by atoms with Gasteiger partial charge in [-0.15, -0.1) is 11.3 Å². The molecule has 2 rings (SSSR count). The van der Waals surface area contributed by atoms with Crippen LogP contribution in [-0.4, -0.2) is 27.5 Å². The maximum atomic E-state index is 11.1. The van der Waals surface area contributed by atoms with Crippen LogP contribution >= 0.6 is 11.3 Å². The van der Waals surface area contributed by atoms with Crippen LogP contribution in [0.1, 0.15) is 27.0 Å². The number of nitrogens with zero attached hydrogens (tertiary/aromatic N) is 2. The Kier molecular flexibility index (Phi) is 4.21. The third kappa shape index (κ3) is 3.35. The fourth-order valence-corrected chi connectivity index (χ4v) is 2.61. The number of rotatable bonds is 6. The van der Waals surface area contributed by atoms with Crippen molar-refractivity contribution < 1.29 is 14.6 Å². The van der Waals surface area contributed by atoms with Crippen molar-refractivity contribution in [3.63, 3.8) is 0 Å². The van der Waals surface area contributed by atoms with Gasteiger partial charge in [-0.2, -0.15) is 5.10 Å². The minimum atomic E-state index is -0.930. The van der Waals surface area contributed by atoms with Crippen LogP contribution in [0.3, 0.4) is 0 Å². The van der Waals surface area contributed by atoms with E-state index in [-0.39, 0.29) is 4.88 Å². The Balaban J connectivity index is 1.98. The van der Waals surface area contributed by atoms with Crippen LogP contribution in [0.25, 0.3) is 0 Å². The lowest BCUT2D eigenvalue weighted by Gasteiger charge is -2.03. The number of carbonyl (C=O) groups is 1. The minimum Gasteiger partial charge on any atom is -0.491 e. The van der Waals surface area contributed by atoms with Crippen LogP contribution in [-0.2, 0) is 19.9 Å². The van der Waals surface area contributed by atoms with Crippen molar-refractivity contribution in [2.45, 2.75) is 19.8 Å². The molecule has 2 heterocycles. The second-order valence-electron chi connectivity index (χ2n) is 4.19. The average molecular weight is 280 g/mol. The summed E-state index contributed by atoms with van der Waals surface area (Å²) in [4.78, 5) is 12.4. The van der Waals surface area contributed by atoms with E-state index in [1.165, 1.54) is 11.3 Å². The van der Waals surface area contributed by atoms with Crippen molar-refractivity contribution in [2.24, 2.45) is 7.05 Å². The van der Waals surface area contributed by atoms with Crippen molar-refractivity contribution >= 4 is 17.3 Å². The molecule has 0 bridgehead atoms. The first-order valence-corrected chi connectivity index (χ1v) is 6.88. The van der Waals surface area contributed by atoms with E-state index in [9.17, 15) is 4.79 Å². The van der Waals surface area contributed by atoms with Crippen LogP contribution in [0.5, 0.6) is 5.75 Å². The van der Waals surface area contributed by atoms with Gasteiger partial charge in [0.15, 0.2) is 4.88 Å². The molecule has 2 aromatic rings. The Morgan fingerprint density at radius 1 is 1.58 bits per heavy atom. The SMILES string of the molecule is CCc1cc(OCCc2cnn(C)c2)c(C(=O)O)s1. The van der Waals surface area contributed by atoms with Crippen molar-refractivity contribution in [2.75, 3.05) is 6.61 Å². The number of aryl methyl sites for hydroxylation is 2. The Hall–Kier alpha value is -1.82. The first-order valence-electron chi connectivity index (χ1n) is 6.06. The van der Waals surface area contributed by atoms with Gasteiger partial charge in [0.05, 0.1) is 12.8 Å². The zero-order valence-corrected chi connectivity index (χ0v) is 11.7. The third-order valence-corrected chi connectivity index (χ3v) is 3.95. The number of thiophene rings is 1. The van der Waals surface area contributed by atoms with Gasteiger partial charge in [-0.3, -0.25) is 4.68 Å². The molecule has 0 aliphatic heterocycles. The average Bonchev–Trinajstić information content (AvgIpc) is 2.96. The van der Waals surface area contributed by atoms with Gasteiger partial charge in [0.25, 0.3) is 0 Å². The first-order chi connectivity index (χ1) is 9.10. The number of aromatic nitrogens is 2. The Morgan fingerprint density at radius 3 is 2.95 bits per heavy atom. The number of ether oxygens (including phenoxy) is 1. The van der Waals surface area contributed by atoms with E-state index in [0.29, 0.717) is 18.8 Å². The largest absolute Gasteiger partial charge is 0.491 e. The molecule has 0 saturated heterocycles. The Morgan fingerprint density at radius 2 is 2.37 bits per heavy atom. The molecule has 1 N–H and O–H groups in total. The standard InChI is InChI=1S/C13H16N2O3S/c1-3-10-6-11(12(19-10)13(16)17)18-5-4-9-7-14-15(2)8-9/h6-8H,3-5H2,1-2H3,(H,16,17). The summed E-state index contributed by atoms with van der Waals surface area (Å²) in [7, 11) is 1.86. The predicted molar refractivity (Wildman–Crippen MR) is 73.1 cm³/mol. The van der Waals surface area contributed by atoms with Gasteiger partial charge in [-0.25, -0.2) is 4.79 Å². The Labute approximate surface area is 115 Å². The molecule has 0 fully saturated rings. The zero-order chi connectivity index (χ0) is 13.8. The molecule has 0 atom stereocenters. The topological polar surface area (TPSA) is 64.4 Å². The van der Waals surface area contributed by atoms with Gasteiger partial charge < -0.3 is 9.84 Å². The van der Waals surface area contributed by atoms with Crippen LogP contribution in [0.2, 0.25) is 0 Å². The molecule has 0 aliphatic carbocycles. The van der Waals surface area contributed by atoms with E-state index in [0.717, 1.165) is 16.9 Å². The normalized spacial score (nSPS) is 10.6. The number of hydrogen-bond acceptors (Lipinski definition) is 4. The molecule has 0 aromatic carbocycles. The molecule has 0 aliphatic rings. The van der Waals surface area contributed by atoms with Gasteiger partial charge in [0.1, 0.15) is 5.75 Å². The van der Waals surface area contributed by atoms with E-state index in [1.54, 1.807) is 10.9 Å². The summed E-state index contributed by atoms with van der Waals surface area (Å²) in [5, 5.41) is 13.2. The molecule has 6 heteroatoms. The summed E-state index contributed by atoms with van der Waals surface area (Å²) in [5.41, 5.74) is 1.07. The number of aromatic carboxylic acids is 1. The fourth-order valence-electron chi connectivity index (χ4n) is 1.73. The smallest absolute Gasteiger partial charge is 0.349 e. The molecule has 0 saturated carbocycles. The summed E-state index contributed by atoms with van der Waals surface area (Å²) < 4.78 is 7.32. The molecule has 0 radical (unpaired) electrons. The number of hydrogen-bond donors (Lipinski definition) is 1. The van der Waals surface area contributed by atoms with Gasteiger partial charge in [-0.1, -0.05) is 6.92 Å². The maximum Gasteiger partial charge on any atom is 0.349 e. The quantitative estimate of drug-likeness (QED) is 0.882. The summed E-state index contributed by atoms with van der Waals surface area (Å²) in [5.74, 6) is -0.459. The van der Waals surface area contributed by atoms with Crippen LogP contribution < -0.4 is 4.74 Å². The highest BCUT2D eigenvalue weighted by atomic mass is 32.1. The van der Waals surface area contributed by atoms with Crippen LogP contribution in [0.15, 0.2) is 18.5 Å². The monoisotopic (exact) mass is 280 g/mol. The van der Waals surface area contributed by atoms with Gasteiger partial charge >= 0.3 is 5.97 Å². The molecule has 0 amide bonds. The molecule has 102 valence electrons. The van der Waals surface area contributed by atoms with Crippen molar-refractivity contribution in [3.05, 3.63) is 33.8 Å². The van der Waals surface area contributed by atoms with Crippen LogP contribution in [0.4, 0.5) is 0 Å². The molecule has 19 heavy (non-hydrogen) atoms. The van der Waals surface area contributed by atoms with E-state index in [2.05, 4.69) is 5.10 Å². The van der Waals surface area contributed by atoms with E-state index in [1.807, 2.05) is 26.2 Å². The van der Waals surface area contributed by atoms with Crippen LogP contribution in [0, 0.1) is 0 Å². The second-order valence-corrected chi connectivity index (χ2v) is 5.32. The lowest BCUT2D eigenvalue weighted by Crippen LogP contribution is -2.03. The molecular formula is C13H16N2O3S. The van der Waals surface area contributed by atoms with Gasteiger partial charge in [0.2, 0.25) is 0 Å². The summed E-state index contributed by atoms with van der Waals surface area (Å²) in [6, 6.07) is 1.82. The third-order valence-electron chi connectivity index (χ3n) is 2.70. The minimum absolute atomic E-state index is 0.281. The predicted octanol–water partition coefficient (Wildman–Crippen LogP) is 2.36. The lowest BCUT2D eigenvalue weighted by atomic mass is 10.3. The highest BCUT2D eigenvalue weighted by Crippen LogP contribution is 2.29. The summed E-state index contributed by atoms with van der Waals surface area (Å²) in [6.45, 7) is 2.45. The number of carboxylic acids is 1. The van der Waals surface area contributed by atoms with Crippen molar-refractivity contribution in [3.8, 4) is 5.75 Å². The highest BCUT2D eigenvalue weighted by molar-refractivity contribution is 7.14. The maximum absolute atomic E-state index is 11.1. The van der Waals surface area contributed by atoms with E-state index in [4.69, 9.17) is 9.84 Å². The molecule has 0 spiro atoms. The van der Waals surface area contributed by atoms with Crippen molar-refractivity contribution in [1.82, 2.24) is 9.78 Å². The summed E-state index contributed by atoms with van der Waals surface area (Å²) in [6.07, 6.45) is 5.24. The van der Waals surface area contributed by atoms with Crippen molar-refractivity contribution in [1.29, 1.82) is 0 Å².